The van der Waals surface area contributed by atoms with Crippen LogP contribution in [0.5, 0.6) is 0 Å². The highest BCUT2D eigenvalue weighted by Crippen LogP contribution is 2.33. The van der Waals surface area contributed by atoms with Crippen LogP contribution < -0.4 is 0 Å². The standard InChI is InChI=1S/C18H19ClN4OS/c1-2-4-16-20-14(10-25-16)18(24)23-8-3-5-15(23)17-21-12-7-6-11(19)9-13(12)22-17/h6-7,9-10,15H,2-5,8H2,1H3,(H,21,22). The number of H-pyrrole nitrogens is 1. The van der Waals surface area contributed by atoms with Crippen LogP contribution in [0.2, 0.25) is 5.02 Å². The Kier molecular flexibility index (Phi) is 4.48. The Balaban J connectivity index is 1.61. The molecule has 0 radical (unpaired) electrons. The number of carbonyl (C=O) groups is 1. The van der Waals surface area contributed by atoms with Crippen molar-refractivity contribution in [3.8, 4) is 0 Å². The Labute approximate surface area is 155 Å². The van der Waals surface area contributed by atoms with Crippen molar-refractivity contribution in [2.24, 2.45) is 0 Å². The van der Waals surface area contributed by atoms with Crippen molar-refractivity contribution >= 4 is 39.9 Å². The van der Waals surface area contributed by atoms with E-state index in [0.717, 1.165) is 54.1 Å². The number of carbonyl (C=O) groups excluding carboxylic acids is 1. The highest BCUT2D eigenvalue weighted by molar-refractivity contribution is 7.09. The van der Waals surface area contributed by atoms with Crippen molar-refractivity contribution in [3.63, 3.8) is 0 Å². The third-order valence-corrected chi connectivity index (χ3v) is 5.67. The second-order valence-electron chi connectivity index (χ2n) is 6.32. The summed E-state index contributed by atoms with van der Waals surface area (Å²) in [6, 6.07) is 5.56. The molecule has 1 aromatic carbocycles. The monoisotopic (exact) mass is 374 g/mol. The second-order valence-corrected chi connectivity index (χ2v) is 7.70. The van der Waals surface area contributed by atoms with Crippen molar-refractivity contribution in [3.05, 3.63) is 45.1 Å². The number of nitrogens with zero attached hydrogens (tertiary/aromatic N) is 3. The number of imidazole rings is 1. The SMILES string of the molecule is CCCc1nc(C(=O)N2CCCC2c2nc3ccc(Cl)cc3[nH]2)cs1. The normalized spacial score (nSPS) is 17.5. The van der Waals surface area contributed by atoms with Crippen molar-refractivity contribution < 1.29 is 4.79 Å². The summed E-state index contributed by atoms with van der Waals surface area (Å²) in [7, 11) is 0. The number of fused-ring (bicyclic) bond motifs is 1. The van der Waals surface area contributed by atoms with Gasteiger partial charge in [0.1, 0.15) is 11.5 Å². The van der Waals surface area contributed by atoms with Gasteiger partial charge in [-0.25, -0.2) is 9.97 Å². The van der Waals surface area contributed by atoms with Gasteiger partial charge in [0.2, 0.25) is 0 Å². The molecule has 1 amide bonds. The predicted molar refractivity (Wildman–Crippen MR) is 100 cm³/mol. The van der Waals surface area contributed by atoms with Gasteiger partial charge in [-0.05, 0) is 43.9 Å². The summed E-state index contributed by atoms with van der Waals surface area (Å²) in [5.74, 6) is 0.826. The van der Waals surface area contributed by atoms with E-state index in [9.17, 15) is 4.79 Å². The number of aromatic amines is 1. The number of benzene rings is 1. The number of hydrogen-bond acceptors (Lipinski definition) is 4. The summed E-state index contributed by atoms with van der Waals surface area (Å²) in [5.41, 5.74) is 2.33. The van der Waals surface area contributed by atoms with Crippen LogP contribution in [0.25, 0.3) is 11.0 Å². The lowest BCUT2D eigenvalue weighted by Crippen LogP contribution is -2.31. The van der Waals surface area contributed by atoms with Crippen LogP contribution >= 0.6 is 22.9 Å². The molecular formula is C18H19ClN4OS. The van der Waals surface area contributed by atoms with E-state index in [1.807, 2.05) is 28.5 Å². The summed E-state index contributed by atoms with van der Waals surface area (Å²) in [5, 5.41) is 3.58. The van der Waals surface area contributed by atoms with Crippen molar-refractivity contribution in [1.82, 2.24) is 19.9 Å². The number of aromatic nitrogens is 3. The maximum Gasteiger partial charge on any atom is 0.273 e. The molecule has 2 aromatic heterocycles. The fourth-order valence-electron chi connectivity index (χ4n) is 3.34. The maximum absolute atomic E-state index is 12.9. The van der Waals surface area contributed by atoms with Crippen LogP contribution in [0.4, 0.5) is 0 Å². The molecule has 25 heavy (non-hydrogen) atoms. The smallest absolute Gasteiger partial charge is 0.273 e. The van der Waals surface area contributed by atoms with Gasteiger partial charge in [-0.15, -0.1) is 11.3 Å². The van der Waals surface area contributed by atoms with Crippen LogP contribution in [0.15, 0.2) is 23.6 Å². The number of amides is 1. The first-order chi connectivity index (χ1) is 12.2. The Morgan fingerprint density at radius 1 is 1.44 bits per heavy atom. The zero-order valence-electron chi connectivity index (χ0n) is 14.0. The van der Waals surface area contributed by atoms with E-state index >= 15 is 0 Å². The molecule has 1 aliphatic heterocycles. The molecule has 3 heterocycles. The predicted octanol–water partition coefficient (Wildman–Crippen LogP) is 4.60. The maximum atomic E-state index is 12.9. The molecule has 3 aromatic rings. The van der Waals surface area contributed by atoms with Gasteiger partial charge in [-0.2, -0.15) is 0 Å². The van der Waals surface area contributed by atoms with Gasteiger partial charge in [0.25, 0.3) is 5.91 Å². The van der Waals surface area contributed by atoms with Crippen molar-refractivity contribution in [1.29, 1.82) is 0 Å². The second kappa shape index (κ2) is 6.77. The molecule has 130 valence electrons. The van der Waals surface area contributed by atoms with Gasteiger partial charge in [-0.3, -0.25) is 4.79 Å². The average molecular weight is 375 g/mol. The number of hydrogen-bond donors (Lipinski definition) is 1. The molecule has 4 rings (SSSR count). The average Bonchev–Trinajstić information content (AvgIpc) is 3.32. The Bertz CT molecular complexity index is 919. The summed E-state index contributed by atoms with van der Waals surface area (Å²) in [6.07, 6.45) is 3.84. The van der Waals surface area contributed by atoms with Crippen LogP contribution in [0.1, 0.15) is 53.5 Å². The molecule has 0 aliphatic carbocycles. The largest absolute Gasteiger partial charge is 0.340 e. The van der Waals surface area contributed by atoms with E-state index in [4.69, 9.17) is 11.6 Å². The highest BCUT2D eigenvalue weighted by Gasteiger charge is 2.33. The number of thiazole rings is 1. The number of nitrogens with one attached hydrogen (secondary N) is 1. The fourth-order valence-corrected chi connectivity index (χ4v) is 4.38. The first kappa shape index (κ1) is 16.5. The highest BCUT2D eigenvalue weighted by atomic mass is 35.5. The zero-order chi connectivity index (χ0) is 17.4. The molecule has 1 aliphatic rings. The van der Waals surface area contributed by atoms with Crippen LogP contribution in [-0.2, 0) is 6.42 Å². The van der Waals surface area contributed by atoms with E-state index in [0.29, 0.717) is 10.7 Å². The third-order valence-electron chi connectivity index (χ3n) is 4.53. The minimum Gasteiger partial charge on any atom is -0.340 e. The van der Waals surface area contributed by atoms with Gasteiger partial charge in [0.15, 0.2) is 0 Å². The summed E-state index contributed by atoms with van der Waals surface area (Å²) in [4.78, 5) is 27.3. The summed E-state index contributed by atoms with van der Waals surface area (Å²) in [6.45, 7) is 2.86. The molecule has 1 N–H and O–H groups in total. The summed E-state index contributed by atoms with van der Waals surface area (Å²) >= 11 is 7.62. The minimum absolute atomic E-state index is 0.000378. The lowest BCUT2D eigenvalue weighted by Gasteiger charge is -2.22. The van der Waals surface area contributed by atoms with E-state index in [-0.39, 0.29) is 11.9 Å². The van der Waals surface area contributed by atoms with Crippen LogP contribution in [0.3, 0.4) is 0 Å². The van der Waals surface area contributed by atoms with E-state index in [2.05, 4.69) is 21.9 Å². The van der Waals surface area contributed by atoms with Crippen LogP contribution in [-0.4, -0.2) is 32.3 Å². The molecule has 0 bridgehead atoms. The third kappa shape index (κ3) is 3.16. The molecule has 5 nitrogen and oxygen atoms in total. The van der Waals surface area contributed by atoms with E-state index in [1.165, 1.54) is 0 Å². The zero-order valence-corrected chi connectivity index (χ0v) is 15.5. The Morgan fingerprint density at radius 2 is 2.32 bits per heavy atom. The minimum atomic E-state index is -0.0324. The first-order valence-corrected chi connectivity index (χ1v) is 9.82. The van der Waals surface area contributed by atoms with Gasteiger partial charge in [0.05, 0.1) is 22.1 Å². The number of aryl methyl sites for hydroxylation is 1. The summed E-state index contributed by atoms with van der Waals surface area (Å²) < 4.78 is 0. The number of halogens is 1. The quantitative estimate of drug-likeness (QED) is 0.725. The molecule has 1 fully saturated rings. The number of rotatable bonds is 4. The Hall–Kier alpha value is -1.92. The van der Waals surface area contributed by atoms with Gasteiger partial charge < -0.3 is 9.88 Å². The lowest BCUT2D eigenvalue weighted by atomic mass is 10.2. The van der Waals surface area contributed by atoms with Gasteiger partial charge in [-0.1, -0.05) is 18.5 Å². The van der Waals surface area contributed by atoms with Gasteiger partial charge >= 0.3 is 0 Å². The molecule has 7 heteroatoms. The molecule has 1 saturated heterocycles. The fraction of sp³-hybridized carbons (Fsp3) is 0.389. The molecule has 1 atom stereocenters. The number of likely N-dealkylation sites (tertiary alicyclic amines) is 1. The van der Waals surface area contributed by atoms with Gasteiger partial charge in [0, 0.05) is 16.9 Å². The van der Waals surface area contributed by atoms with Crippen molar-refractivity contribution in [2.75, 3.05) is 6.54 Å². The van der Waals surface area contributed by atoms with E-state index < -0.39 is 0 Å². The van der Waals surface area contributed by atoms with E-state index in [1.54, 1.807) is 11.3 Å². The lowest BCUT2D eigenvalue weighted by molar-refractivity contribution is 0.0725. The first-order valence-electron chi connectivity index (χ1n) is 8.56. The van der Waals surface area contributed by atoms with Crippen molar-refractivity contribution in [2.45, 2.75) is 38.6 Å². The molecule has 0 spiro atoms. The topological polar surface area (TPSA) is 61.9 Å². The molecule has 1 unspecified atom stereocenters. The van der Waals surface area contributed by atoms with Crippen LogP contribution in [0, 0.1) is 0 Å². The molecule has 0 saturated carbocycles. The molecular weight excluding hydrogens is 356 g/mol. The Morgan fingerprint density at radius 3 is 3.16 bits per heavy atom.